The molecule has 1 heterocycles. The number of nitrogen functional groups attached to an aromatic ring is 1. The first kappa shape index (κ1) is 20.9. The molecule has 3 rings (SSSR count). The number of thioether (sulfide) groups is 1. The van der Waals surface area contributed by atoms with Crippen LogP contribution in [0.15, 0.2) is 59.8 Å². The van der Waals surface area contributed by atoms with Crippen molar-refractivity contribution in [1.82, 2.24) is 20.2 Å². The van der Waals surface area contributed by atoms with Gasteiger partial charge in [0.1, 0.15) is 5.82 Å². The van der Waals surface area contributed by atoms with Gasteiger partial charge in [-0.25, -0.2) is 9.07 Å². The predicted octanol–water partition coefficient (Wildman–Crippen LogP) is 3.59. The topological polar surface area (TPSA) is 85.8 Å². The maximum atomic E-state index is 13.5. The Bertz CT molecular complexity index is 963. The van der Waals surface area contributed by atoms with Gasteiger partial charge in [-0.15, -0.1) is 10.2 Å². The molecule has 0 fully saturated rings. The van der Waals surface area contributed by atoms with E-state index in [2.05, 4.69) is 34.6 Å². The first-order valence-electron chi connectivity index (χ1n) is 9.45. The van der Waals surface area contributed by atoms with Gasteiger partial charge in [-0.3, -0.25) is 4.79 Å². The van der Waals surface area contributed by atoms with Crippen LogP contribution >= 0.6 is 11.8 Å². The van der Waals surface area contributed by atoms with Gasteiger partial charge in [-0.1, -0.05) is 61.2 Å². The molecule has 2 aromatic carbocycles. The zero-order chi connectivity index (χ0) is 20.8. The quantitative estimate of drug-likeness (QED) is 0.435. The summed E-state index contributed by atoms with van der Waals surface area (Å²) in [6.45, 7) is 4.46. The third-order valence-electron chi connectivity index (χ3n) is 4.69. The monoisotopic (exact) mass is 413 g/mol. The van der Waals surface area contributed by atoms with E-state index in [1.165, 1.54) is 34.1 Å². The van der Waals surface area contributed by atoms with Crippen LogP contribution in [0.5, 0.6) is 0 Å². The van der Waals surface area contributed by atoms with Crippen LogP contribution in [0.1, 0.15) is 31.7 Å². The van der Waals surface area contributed by atoms with Crippen molar-refractivity contribution in [3.05, 3.63) is 66.0 Å². The number of hydrogen-bond acceptors (Lipinski definition) is 5. The highest BCUT2D eigenvalue weighted by Crippen LogP contribution is 2.25. The second-order valence-electron chi connectivity index (χ2n) is 6.71. The third kappa shape index (κ3) is 5.14. The minimum Gasteiger partial charge on any atom is -0.355 e. The van der Waals surface area contributed by atoms with Crippen LogP contribution < -0.4 is 11.2 Å². The zero-order valence-electron chi connectivity index (χ0n) is 16.4. The Kier molecular flexibility index (Phi) is 6.87. The molecule has 0 unspecified atom stereocenters. The summed E-state index contributed by atoms with van der Waals surface area (Å²) < 4.78 is 14.7. The molecule has 1 amide bonds. The molecule has 3 aromatic rings. The van der Waals surface area contributed by atoms with Crippen molar-refractivity contribution >= 4 is 17.7 Å². The van der Waals surface area contributed by atoms with Crippen molar-refractivity contribution in [3.63, 3.8) is 0 Å². The van der Waals surface area contributed by atoms with Gasteiger partial charge in [-0.2, -0.15) is 0 Å². The van der Waals surface area contributed by atoms with E-state index in [9.17, 15) is 9.18 Å². The lowest BCUT2D eigenvalue weighted by Crippen LogP contribution is -2.34. The molecule has 0 aliphatic heterocycles. The second-order valence-corrected chi connectivity index (χ2v) is 8.02. The fraction of sp³-hybridized carbons (Fsp3) is 0.286. The Morgan fingerprint density at radius 3 is 2.66 bits per heavy atom. The van der Waals surface area contributed by atoms with Gasteiger partial charge in [0.15, 0.2) is 5.82 Å². The molecule has 8 heteroatoms. The average molecular weight is 414 g/mol. The fourth-order valence-corrected chi connectivity index (χ4v) is 3.78. The zero-order valence-corrected chi connectivity index (χ0v) is 17.2. The number of aromatic nitrogens is 3. The molecule has 6 nitrogen and oxygen atoms in total. The van der Waals surface area contributed by atoms with Crippen molar-refractivity contribution in [2.24, 2.45) is 0 Å². The van der Waals surface area contributed by atoms with Crippen LogP contribution in [0.2, 0.25) is 0 Å². The van der Waals surface area contributed by atoms with Crippen LogP contribution in [0.3, 0.4) is 0 Å². The molecule has 152 valence electrons. The minimum absolute atomic E-state index is 0.0975. The SMILES string of the molecule is CC[C@@H](CNC(=O)[C@H](C)Sc1nnc(-c2cccc(F)c2)n1N)c1ccccc1. The van der Waals surface area contributed by atoms with E-state index in [0.717, 1.165) is 6.42 Å². The molecular formula is C21H24FN5OS. The summed E-state index contributed by atoms with van der Waals surface area (Å²) in [5.74, 6) is 6.20. The van der Waals surface area contributed by atoms with Crippen LogP contribution in [0.4, 0.5) is 4.39 Å². The molecule has 0 saturated heterocycles. The summed E-state index contributed by atoms with van der Waals surface area (Å²) in [5, 5.41) is 11.1. The highest BCUT2D eigenvalue weighted by atomic mass is 32.2. The van der Waals surface area contributed by atoms with Crippen molar-refractivity contribution < 1.29 is 9.18 Å². The summed E-state index contributed by atoms with van der Waals surface area (Å²) in [4.78, 5) is 12.6. The van der Waals surface area contributed by atoms with Crippen LogP contribution in [-0.2, 0) is 4.79 Å². The van der Waals surface area contributed by atoms with Gasteiger partial charge in [0, 0.05) is 18.0 Å². The van der Waals surface area contributed by atoms with Gasteiger partial charge in [-0.05, 0) is 31.0 Å². The highest BCUT2D eigenvalue weighted by molar-refractivity contribution is 8.00. The van der Waals surface area contributed by atoms with E-state index in [1.54, 1.807) is 19.1 Å². The molecule has 0 aliphatic rings. The molecule has 0 spiro atoms. The molecule has 3 N–H and O–H groups in total. The molecule has 2 atom stereocenters. The van der Waals surface area contributed by atoms with Crippen molar-refractivity contribution in [2.75, 3.05) is 12.4 Å². The standard InChI is InChI=1S/C21H24FN5OS/c1-3-15(16-8-5-4-6-9-16)13-24-20(28)14(2)29-21-26-25-19(27(21)23)17-10-7-11-18(22)12-17/h4-12,14-15H,3,13,23H2,1-2H3,(H,24,28)/t14-,15-/m0/s1. The van der Waals surface area contributed by atoms with E-state index >= 15 is 0 Å². The normalized spacial score (nSPS) is 13.1. The lowest BCUT2D eigenvalue weighted by atomic mass is 9.96. The Labute approximate surface area is 173 Å². The van der Waals surface area contributed by atoms with Crippen molar-refractivity contribution in [1.29, 1.82) is 0 Å². The van der Waals surface area contributed by atoms with E-state index in [0.29, 0.717) is 23.1 Å². The number of rotatable bonds is 8. The van der Waals surface area contributed by atoms with E-state index in [4.69, 9.17) is 5.84 Å². The van der Waals surface area contributed by atoms with Gasteiger partial charge in [0.2, 0.25) is 11.1 Å². The van der Waals surface area contributed by atoms with Gasteiger partial charge in [0.25, 0.3) is 0 Å². The van der Waals surface area contributed by atoms with Crippen LogP contribution in [0, 0.1) is 5.82 Å². The summed E-state index contributed by atoms with van der Waals surface area (Å²) in [7, 11) is 0. The van der Waals surface area contributed by atoms with Crippen LogP contribution in [-0.4, -0.2) is 32.6 Å². The average Bonchev–Trinajstić information content (AvgIpc) is 3.09. The van der Waals surface area contributed by atoms with Crippen molar-refractivity contribution in [2.45, 2.75) is 36.6 Å². The molecule has 0 radical (unpaired) electrons. The number of nitrogens with zero attached hydrogens (tertiary/aromatic N) is 3. The number of hydrogen-bond donors (Lipinski definition) is 2. The van der Waals surface area contributed by atoms with E-state index in [-0.39, 0.29) is 17.6 Å². The lowest BCUT2D eigenvalue weighted by Gasteiger charge is -2.18. The maximum absolute atomic E-state index is 13.5. The molecular weight excluding hydrogens is 389 g/mol. The minimum atomic E-state index is -0.407. The number of benzene rings is 2. The van der Waals surface area contributed by atoms with Gasteiger partial charge < -0.3 is 11.2 Å². The molecule has 0 aliphatic carbocycles. The molecule has 29 heavy (non-hydrogen) atoms. The maximum Gasteiger partial charge on any atom is 0.233 e. The first-order chi connectivity index (χ1) is 14.0. The Balaban J connectivity index is 1.61. The number of carbonyl (C=O) groups is 1. The third-order valence-corrected chi connectivity index (χ3v) is 5.74. The number of halogens is 1. The van der Waals surface area contributed by atoms with Crippen molar-refractivity contribution in [3.8, 4) is 11.4 Å². The first-order valence-corrected chi connectivity index (χ1v) is 10.3. The summed E-state index contributed by atoms with van der Waals surface area (Å²) in [5.41, 5.74) is 1.73. The number of nitrogens with two attached hydrogens (primary N) is 1. The molecule has 0 saturated carbocycles. The Morgan fingerprint density at radius 2 is 1.97 bits per heavy atom. The lowest BCUT2D eigenvalue weighted by molar-refractivity contribution is -0.120. The highest BCUT2D eigenvalue weighted by Gasteiger charge is 2.21. The summed E-state index contributed by atoms with van der Waals surface area (Å²) >= 11 is 1.21. The van der Waals surface area contributed by atoms with Gasteiger partial charge in [0.05, 0.1) is 5.25 Å². The summed E-state index contributed by atoms with van der Waals surface area (Å²) in [6, 6.07) is 16.1. The van der Waals surface area contributed by atoms with Crippen LogP contribution in [0.25, 0.3) is 11.4 Å². The largest absolute Gasteiger partial charge is 0.355 e. The molecule has 1 aromatic heterocycles. The van der Waals surface area contributed by atoms with Gasteiger partial charge >= 0.3 is 0 Å². The smallest absolute Gasteiger partial charge is 0.233 e. The summed E-state index contributed by atoms with van der Waals surface area (Å²) in [6.07, 6.45) is 0.930. The number of carbonyl (C=O) groups excluding carboxylic acids is 1. The second kappa shape index (κ2) is 9.56. The number of amides is 1. The number of nitrogens with one attached hydrogen (secondary N) is 1. The van der Waals surface area contributed by atoms with E-state index < -0.39 is 5.25 Å². The fourth-order valence-electron chi connectivity index (χ4n) is 2.98. The Hall–Kier alpha value is -2.87. The predicted molar refractivity (Wildman–Crippen MR) is 113 cm³/mol. The Morgan fingerprint density at radius 1 is 1.21 bits per heavy atom. The van der Waals surface area contributed by atoms with E-state index in [1.807, 2.05) is 18.2 Å². The molecule has 0 bridgehead atoms.